The molecule has 0 saturated carbocycles. The highest BCUT2D eigenvalue weighted by Gasteiger charge is 2.13. The fourth-order valence-corrected chi connectivity index (χ4v) is 1.80. The van der Waals surface area contributed by atoms with Crippen LogP contribution in [0.2, 0.25) is 0 Å². The summed E-state index contributed by atoms with van der Waals surface area (Å²) in [7, 11) is 0. The SMILES string of the molecule is CC(C)(C)c1ccc(Oc2ccc(C#N)cc2F)cc1. The molecule has 20 heavy (non-hydrogen) atoms. The summed E-state index contributed by atoms with van der Waals surface area (Å²) in [5, 5.41) is 8.69. The first-order chi connectivity index (χ1) is 9.40. The zero-order chi connectivity index (χ0) is 14.8. The van der Waals surface area contributed by atoms with E-state index in [1.807, 2.05) is 30.3 Å². The van der Waals surface area contributed by atoms with Gasteiger partial charge in [-0.3, -0.25) is 0 Å². The van der Waals surface area contributed by atoms with E-state index >= 15 is 0 Å². The zero-order valence-corrected chi connectivity index (χ0v) is 11.8. The third-order valence-corrected chi connectivity index (χ3v) is 3.01. The molecule has 0 unspecified atom stereocenters. The van der Waals surface area contributed by atoms with Crippen molar-refractivity contribution in [2.45, 2.75) is 26.2 Å². The molecule has 0 atom stereocenters. The summed E-state index contributed by atoms with van der Waals surface area (Å²) in [6.45, 7) is 6.38. The van der Waals surface area contributed by atoms with Crippen molar-refractivity contribution in [2.75, 3.05) is 0 Å². The first kappa shape index (κ1) is 14.1. The van der Waals surface area contributed by atoms with Gasteiger partial charge in [-0.25, -0.2) is 4.39 Å². The second-order valence-electron chi connectivity index (χ2n) is 5.63. The monoisotopic (exact) mass is 269 g/mol. The van der Waals surface area contributed by atoms with E-state index in [4.69, 9.17) is 10.00 Å². The Labute approximate surface area is 118 Å². The molecule has 2 nitrogen and oxygen atoms in total. The topological polar surface area (TPSA) is 33.0 Å². The quantitative estimate of drug-likeness (QED) is 0.785. The van der Waals surface area contributed by atoms with E-state index in [2.05, 4.69) is 20.8 Å². The van der Waals surface area contributed by atoms with E-state index in [-0.39, 0.29) is 16.7 Å². The van der Waals surface area contributed by atoms with E-state index < -0.39 is 5.82 Å². The highest BCUT2D eigenvalue weighted by Crippen LogP contribution is 2.28. The Morgan fingerprint density at radius 3 is 2.20 bits per heavy atom. The molecule has 0 radical (unpaired) electrons. The molecular formula is C17H16FNO. The third kappa shape index (κ3) is 3.16. The maximum atomic E-state index is 13.7. The Kier molecular flexibility index (Phi) is 3.76. The molecule has 2 aromatic carbocycles. The van der Waals surface area contributed by atoms with Crippen LogP contribution in [0.15, 0.2) is 42.5 Å². The maximum Gasteiger partial charge on any atom is 0.167 e. The standard InChI is InChI=1S/C17H16FNO/c1-17(2,3)13-5-7-14(8-6-13)20-16-9-4-12(11-19)10-15(16)18/h4-10H,1-3H3. The molecule has 0 aliphatic heterocycles. The smallest absolute Gasteiger partial charge is 0.167 e. The fourth-order valence-electron chi connectivity index (χ4n) is 1.80. The van der Waals surface area contributed by atoms with Gasteiger partial charge in [0.1, 0.15) is 5.75 Å². The molecule has 0 N–H and O–H groups in total. The molecule has 0 bridgehead atoms. The molecule has 0 aromatic heterocycles. The summed E-state index contributed by atoms with van der Waals surface area (Å²) in [6, 6.07) is 13.6. The van der Waals surface area contributed by atoms with E-state index in [0.717, 1.165) is 0 Å². The zero-order valence-electron chi connectivity index (χ0n) is 11.8. The first-order valence-corrected chi connectivity index (χ1v) is 6.38. The van der Waals surface area contributed by atoms with Gasteiger partial charge in [-0.15, -0.1) is 0 Å². The highest BCUT2D eigenvalue weighted by atomic mass is 19.1. The summed E-state index contributed by atoms with van der Waals surface area (Å²) < 4.78 is 19.2. The highest BCUT2D eigenvalue weighted by molar-refractivity contribution is 5.39. The summed E-state index contributed by atoms with van der Waals surface area (Å²) in [5.74, 6) is 0.151. The lowest BCUT2D eigenvalue weighted by atomic mass is 9.87. The molecule has 2 aromatic rings. The maximum absolute atomic E-state index is 13.7. The lowest BCUT2D eigenvalue weighted by molar-refractivity contribution is 0.441. The summed E-state index contributed by atoms with van der Waals surface area (Å²) >= 11 is 0. The Bertz CT molecular complexity index is 648. The molecule has 0 aliphatic carbocycles. The van der Waals surface area contributed by atoms with Crippen molar-refractivity contribution in [1.82, 2.24) is 0 Å². The molecule has 0 heterocycles. The van der Waals surface area contributed by atoms with Gasteiger partial charge >= 0.3 is 0 Å². The summed E-state index contributed by atoms with van der Waals surface area (Å²) in [4.78, 5) is 0. The second-order valence-corrected chi connectivity index (χ2v) is 5.63. The average molecular weight is 269 g/mol. The number of nitriles is 1. The minimum atomic E-state index is -0.538. The van der Waals surface area contributed by atoms with Gasteiger partial charge < -0.3 is 4.74 Å². The molecule has 0 fully saturated rings. The van der Waals surface area contributed by atoms with Gasteiger partial charge in [-0.05, 0) is 41.3 Å². The first-order valence-electron chi connectivity index (χ1n) is 6.38. The largest absolute Gasteiger partial charge is 0.454 e. The lowest BCUT2D eigenvalue weighted by Crippen LogP contribution is -2.10. The van der Waals surface area contributed by atoms with Crippen molar-refractivity contribution in [3.63, 3.8) is 0 Å². The predicted octanol–water partition coefficient (Wildman–Crippen LogP) is 4.79. The van der Waals surface area contributed by atoms with E-state index in [1.165, 1.54) is 23.8 Å². The molecule has 0 amide bonds. The van der Waals surface area contributed by atoms with Crippen LogP contribution in [-0.4, -0.2) is 0 Å². The molecular weight excluding hydrogens is 253 g/mol. The van der Waals surface area contributed by atoms with Gasteiger partial charge in [0, 0.05) is 0 Å². The van der Waals surface area contributed by atoms with Crippen molar-refractivity contribution in [3.05, 3.63) is 59.4 Å². The molecule has 3 heteroatoms. The molecule has 2 rings (SSSR count). The van der Waals surface area contributed by atoms with E-state index in [0.29, 0.717) is 5.75 Å². The fraction of sp³-hybridized carbons (Fsp3) is 0.235. The van der Waals surface area contributed by atoms with Gasteiger partial charge in [0.25, 0.3) is 0 Å². The van der Waals surface area contributed by atoms with Crippen molar-refractivity contribution in [2.24, 2.45) is 0 Å². The van der Waals surface area contributed by atoms with Gasteiger partial charge in [0.2, 0.25) is 0 Å². The van der Waals surface area contributed by atoms with Crippen LogP contribution in [0.5, 0.6) is 11.5 Å². The minimum absolute atomic E-state index is 0.0677. The Morgan fingerprint density at radius 2 is 1.70 bits per heavy atom. The molecule has 102 valence electrons. The van der Waals surface area contributed by atoms with Crippen molar-refractivity contribution in [1.29, 1.82) is 5.26 Å². The van der Waals surface area contributed by atoms with Crippen LogP contribution in [0.1, 0.15) is 31.9 Å². The Morgan fingerprint density at radius 1 is 1.05 bits per heavy atom. The predicted molar refractivity (Wildman–Crippen MR) is 76.3 cm³/mol. The van der Waals surface area contributed by atoms with Crippen molar-refractivity contribution < 1.29 is 9.13 Å². The van der Waals surface area contributed by atoms with Crippen LogP contribution in [0.3, 0.4) is 0 Å². The number of benzene rings is 2. The third-order valence-electron chi connectivity index (χ3n) is 3.01. The van der Waals surface area contributed by atoms with E-state index in [1.54, 1.807) is 0 Å². The van der Waals surface area contributed by atoms with Crippen LogP contribution in [0.25, 0.3) is 0 Å². The molecule has 0 saturated heterocycles. The second kappa shape index (κ2) is 5.34. The van der Waals surface area contributed by atoms with Gasteiger partial charge in [-0.1, -0.05) is 32.9 Å². The van der Waals surface area contributed by atoms with Gasteiger partial charge in [0.15, 0.2) is 11.6 Å². The number of halogens is 1. The number of hydrogen-bond donors (Lipinski definition) is 0. The number of rotatable bonds is 2. The van der Waals surface area contributed by atoms with Crippen molar-refractivity contribution in [3.8, 4) is 17.6 Å². The van der Waals surface area contributed by atoms with E-state index in [9.17, 15) is 4.39 Å². The number of nitrogens with zero attached hydrogens (tertiary/aromatic N) is 1. The Balaban J connectivity index is 2.21. The van der Waals surface area contributed by atoms with Crippen molar-refractivity contribution >= 4 is 0 Å². The lowest BCUT2D eigenvalue weighted by Gasteiger charge is -2.19. The summed E-state index contributed by atoms with van der Waals surface area (Å²) in [5.41, 5.74) is 1.53. The van der Waals surface area contributed by atoms with Crippen LogP contribution in [0, 0.1) is 17.1 Å². The normalized spacial score (nSPS) is 10.9. The number of hydrogen-bond acceptors (Lipinski definition) is 2. The Hall–Kier alpha value is -2.34. The molecule has 0 spiro atoms. The van der Waals surface area contributed by atoms with Crippen LogP contribution >= 0.6 is 0 Å². The minimum Gasteiger partial charge on any atom is -0.454 e. The van der Waals surface area contributed by atoms with Crippen LogP contribution in [0.4, 0.5) is 4.39 Å². The average Bonchev–Trinajstić information content (AvgIpc) is 2.40. The molecule has 0 aliphatic rings. The van der Waals surface area contributed by atoms with Crippen LogP contribution < -0.4 is 4.74 Å². The summed E-state index contributed by atoms with van der Waals surface area (Å²) in [6.07, 6.45) is 0. The number of ether oxygens (including phenoxy) is 1. The van der Waals surface area contributed by atoms with Gasteiger partial charge in [0.05, 0.1) is 11.6 Å². The van der Waals surface area contributed by atoms with Gasteiger partial charge in [-0.2, -0.15) is 5.26 Å². The van der Waals surface area contributed by atoms with Crippen LogP contribution in [-0.2, 0) is 5.41 Å².